The molecule has 1 unspecified atom stereocenters. The van der Waals surface area contributed by atoms with Gasteiger partial charge in [-0.15, -0.1) is 23.1 Å². The number of hydrogen-bond donors (Lipinski definition) is 0. The third kappa shape index (κ3) is 3.10. The smallest absolute Gasteiger partial charge is 0.331 e. The number of fused-ring (bicyclic) bond motifs is 1. The maximum atomic E-state index is 11.9. The molecule has 22 heavy (non-hydrogen) atoms. The second-order valence-electron chi connectivity index (χ2n) is 4.78. The van der Waals surface area contributed by atoms with E-state index in [0.717, 1.165) is 32.4 Å². The minimum absolute atomic E-state index is 0.243. The number of methoxy groups -OCH3 is 1. The fourth-order valence-electron chi connectivity index (χ4n) is 2.03. The lowest BCUT2D eigenvalue weighted by Crippen LogP contribution is -2.21. The maximum absolute atomic E-state index is 11.9. The Labute approximate surface area is 136 Å². The lowest BCUT2D eigenvalue weighted by Gasteiger charge is -2.05. The lowest BCUT2D eigenvalue weighted by molar-refractivity contribution is -0.144. The Balaban J connectivity index is 1.80. The summed E-state index contributed by atoms with van der Waals surface area (Å²) in [4.78, 5) is 20.9. The number of aliphatic imine (C=N–C) groups is 1. The average molecular weight is 336 g/mol. The molecule has 1 aliphatic heterocycles. The van der Waals surface area contributed by atoms with E-state index in [9.17, 15) is 4.79 Å². The molecule has 5 nitrogen and oxygen atoms in total. The van der Waals surface area contributed by atoms with Crippen LogP contribution in [-0.2, 0) is 9.53 Å². The predicted octanol–water partition coefficient (Wildman–Crippen LogP) is 3.12. The summed E-state index contributed by atoms with van der Waals surface area (Å²) in [5.74, 6) is 1.19. The highest BCUT2D eigenvalue weighted by Gasteiger charge is 2.28. The highest BCUT2D eigenvalue weighted by Crippen LogP contribution is 2.31. The minimum Gasteiger partial charge on any atom is -0.497 e. The van der Waals surface area contributed by atoms with Gasteiger partial charge in [0.15, 0.2) is 6.04 Å². The highest BCUT2D eigenvalue weighted by atomic mass is 32.2. The van der Waals surface area contributed by atoms with Gasteiger partial charge >= 0.3 is 5.97 Å². The summed E-state index contributed by atoms with van der Waals surface area (Å²) in [6.45, 7) is 2.42. The van der Waals surface area contributed by atoms with Gasteiger partial charge in [-0.05, 0) is 24.6 Å². The fraction of sp³-hybridized carbons (Fsp3) is 0.400. The van der Waals surface area contributed by atoms with Gasteiger partial charge in [0.05, 0.1) is 23.9 Å². The van der Waals surface area contributed by atoms with Gasteiger partial charge in [0, 0.05) is 5.75 Å². The molecule has 1 atom stereocenters. The van der Waals surface area contributed by atoms with E-state index in [4.69, 9.17) is 9.47 Å². The van der Waals surface area contributed by atoms with Crippen LogP contribution in [0.2, 0.25) is 0 Å². The number of thioether (sulfide) groups is 1. The van der Waals surface area contributed by atoms with Crippen molar-refractivity contribution in [3.05, 3.63) is 23.2 Å². The molecule has 1 aromatic carbocycles. The van der Waals surface area contributed by atoms with Gasteiger partial charge in [-0.1, -0.05) is 6.92 Å². The first kappa shape index (κ1) is 15.3. The molecule has 1 aliphatic rings. The maximum Gasteiger partial charge on any atom is 0.331 e. The first-order chi connectivity index (χ1) is 10.7. The number of aromatic nitrogens is 1. The van der Waals surface area contributed by atoms with Crippen molar-refractivity contribution in [2.45, 2.75) is 19.4 Å². The van der Waals surface area contributed by atoms with Gasteiger partial charge in [-0.3, -0.25) is 4.99 Å². The second kappa shape index (κ2) is 6.66. The van der Waals surface area contributed by atoms with E-state index in [1.807, 2.05) is 25.1 Å². The van der Waals surface area contributed by atoms with Crippen molar-refractivity contribution in [1.82, 2.24) is 4.98 Å². The zero-order valence-electron chi connectivity index (χ0n) is 12.4. The van der Waals surface area contributed by atoms with Gasteiger partial charge in [-0.25, -0.2) is 9.78 Å². The van der Waals surface area contributed by atoms with E-state index in [2.05, 4.69) is 9.98 Å². The van der Waals surface area contributed by atoms with Gasteiger partial charge in [0.1, 0.15) is 15.8 Å². The van der Waals surface area contributed by atoms with Crippen LogP contribution in [0.5, 0.6) is 5.75 Å². The van der Waals surface area contributed by atoms with E-state index >= 15 is 0 Å². The summed E-state index contributed by atoms with van der Waals surface area (Å²) in [5.41, 5.74) is 0.918. The van der Waals surface area contributed by atoms with E-state index in [-0.39, 0.29) is 5.97 Å². The van der Waals surface area contributed by atoms with E-state index in [1.54, 1.807) is 30.2 Å². The lowest BCUT2D eigenvalue weighted by atomic mass is 10.3. The van der Waals surface area contributed by atoms with Gasteiger partial charge < -0.3 is 9.47 Å². The first-order valence-electron chi connectivity index (χ1n) is 7.03. The third-order valence-electron chi connectivity index (χ3n) is 3.15. The van der Waals surface area contributed by atoms with Gasteiger partial charge in [0.25, 0.3) is 0 Å². The minimum atomic E-state index is -0.409. The number of nitrogens with zero attached hydrogens (tertiary/aromatic N) is 2. The van der Waals surface area contributed by atoms with Crippen LogP contribution in [0.25, 0.3) is 10.2 Å². The molecule has 0 fully saturated rings. The SMILES string of the molecule is CCCOC(=O)C1CSC(c2nc3ccc(OC)cc3s2)=N1. The molecule has 0 radical (unpaired) electrons. The Morgan fingerprint density at radius 1 is 1.45 bits per heavy atom. The Bertz CT molecular complexity index is 727. The molecule has 0 bridgehead atoms. The molecule has 3 rings (SSSR count). The van der Waals surface area contributed by atoms with Gasteiger partial charge in [0.2, 0.25) is 0 Å². The Kier molecular flexibility index (Phi) is 4.63. The summed E-state index contributed by atoms with van der Waals surface area (Å²) in [6, 6.07) is 5.37. The van der Waals surface area contributed by atoms with Crippen LogP contribution in [0, 0.1) is 0 Å². The van der Waals surface area contributed by atoms with Crippen molar-refractivity contribution >= 4 is 44.3 Å². The van der Waals surface area contributed by atoms with Crippen LogP contribution in [0.4, 0.5) is 0 Å². The fourth-order valence-corrected chi connectivity index (χ4v) is 4.12. The molecular weight excluding hydrogens is 320 g/mol. The van der Waals surface area contributed by atoms with Crippen LogP contribution >= 0.6 is 23.1 Å². The molecule has 0 saturated carbocycles. The van der Waals surface area contributed by atoms with Crippen molar-refractivity contribution in [2.24, 2.45) is 4.99 Å². The summed E-state index contributed by atoms with van der Waals surface area (Å²) in [7, 11) is 1.65. The molecule has 1 aromatic heterocycles. The topological polar surface area (TPSA) is 60.8 Å². The molecule has 2 aromatic rings. The molecule has 116 valence electrons. The molecular formula is C15H16N2O3S2. The van der Waals surface area contributed by atoms with Crippen molar-refractivity contribution in [1.29, 1.82) is 0 Å². The average Bonchev–Trinajstić information content (AvgIpc) is 3.17. The summed E-state index contributed by atoms with van der Waals surface area (Å²) < 4.78 is 11.4. The molecule has 7 heteroatoms. The number of esters is 1. The van der Waals surface area contributed by atoms with Crippen molar-refractivity contribution in [3.63, 3.8) is 0 Å². The molecule has 0 aliphatic carbocycles. The molecule has 2 heterocycles. The van der Waals surface area contributed by atoms with Crippen LogP contribution in [-0.4, -0.2) is 41.5 Å². The summed E-state index contributed by atoms with van der Waals surface area (Å²) >= 11 is 3.12. The standard InChI is InChI=1S/C15H16N2O3S2/c1-3-6-20-15(18)11-8-21-13(17-11)14-16-10-5-4-9(19-2)7-12(10)22-14/h4-5,7,11H,3,6,8H2,1-2H3. The Hall–Kier alpha value is -1.60. The zero-order chi connectivity index (χ0) is 15.5. The number of carbonyl (C=O) groups is 1. The van der Waals surface area contributed by atoms with Crippen molar-refractivity contribution in [3.8, 4) is 5.75 Å². The van der Waals surface area contributed by atoms with Crippen molar-refractivity contribution < 1.29 is 14.3 Å². The van der Waals surface area contributed by atoms with E-state index in [0.29, 0.717) is 12.4 Å². The molecule has 0 spiro atoms. The predicted molar refractivity (Wildman–Crippen MR) is 90.2 cm³/mol. The molecule has 0 N–H and O–H groups in total. The van der Waals surface area contributed by atoms with Crippen molar-refractivity contribution in [2.75, 3.05) is 19.5 Å². The van der Waals surface area contributed by atoms with Crippen LogP contribution in [0.3, 0.4) is 0 Å². The normalized spacial score (nSPS) is 17.5. The second-order valence-corrected chi connectivity index (χ2v) is 6.82. The third-order valence-corrected chi connectivity index (χ3v) is 5.36. The summed E-state index contributed by atoms with van der Waals surface area (Å²) in [5, 5.41) is 1.66. The molecule has 0 saturated heterocycles. The zero-order valence-corrected chi connectivity index (χ0v) is 14.0. The summed E-state index contributed by atoms with van der Waals surface area (Å²) in [6.07, 6.45) is 0.821. The monoisotopic (exact) mass is 336 g/mol. The quantitative estimate of drug-likeness (QED) is 0.785. The van der Waals surface area contributed by atoms with E-state index in [1.165, 1.54) is 0 Å². The van der Waals surface area contributed by atoms with Crippen LogP contribution in [0.15, 0.2) is 23.2 Å². The Morgan fingerprint density at radius 3 is 3.09 bits per heavy atom. The Morgan fingerprint density at radius 2 is 2.32 bits per heavy atom. The number of hydrogen-bond acceptors (Lipinski definition) is 7. The largest absolute Gasteiger partial charge is 0.497 e. The van der Waals surface area contributed by atoms with Gasteiger partial charge in [-0.2, -0.15) is 0 Å². The van der Waals surface area contributed by atoms with E-state index < -0.39 is 6.04 Å². The van der Waals surface area contributed by atoms with Crippen LogP contribution < -0.4 is 4.74 Å². The number of benzene rings is 1. The van der Waals surface area contributed by atoms with Crippen LogP contribution in [0.1, 0.15) is 18.4 Å². The number of thiazole rings is 1. The highest BCUT2D eigenvalue weighted by molar-refractivity contribution is 8.15. The molecule has 0 amide bonds. The number of ether oxygens (including phenoxy) is 2. The number of carbonyl (C=O) groups excluding carboxylic acids is 1. The number of rotatable bonds is 5. The first-order valence-corrected chi connectivity index (χ1v) is 8.83.